The van der Waals surface area contributed by atoms with Crippen molar-refractivity contribution in [3.63, 3.8) is 0 Å². The van der Waals surface area contributed by atoms with Gasteiger partial charge in [-0.3, -0.25) is 0 Å². The normalized spacial score (nSPS) is 43.7. The van der Waals surface area contributed by atoms with E-state index in [0.29, 0.717) is 24.5 Å². The zero-order valence-electron chi connectivity index (χ0n) is 6.09. The van der Waals surface area contributed by atoms with Gasteiger partial charge in [-0.1, -0.05) is 6.92 Å². The fourth-order valence-electron chi connectivity index (χ4n) is 1.35. The van der Waals surface area contributed by atoms with Crippen molar-refractivity contribution < 1.29 is 5.11 Å². The number of aliphatic hydroxyl groups excluding tert-OH is 1. The van der Waals surface area contributed by atoms with E-state index in [1.807, 2.05) is 0 Å². The maximum atomic E-state index is 8.81. The van der Waals surface area contributed by atoms with Crippen molar-refractivity contribution in [2.45, 2.75) is 19.9 Å². The molecule has 0 spiro atoms. The number of hydrogen-bond donors (Lipinski definition) is 2. The summed E-state index contributed by atoms with van der Waals surface area (Å²) in [6.07, 6.45) is 0. The van der Waals surface area contributed by atoms with Gasteiger partial charge in [-0.05, 0) is 18.8 Å². The Hall–Kier alpha value is -0.0800. The Labute approximate surface area is 56.3 Å². The van der Waals surface area contributed by atoms with E-state index in [1.54, 1.807) is 0 Å². The Balaban J connectivity index is 2.41. The average molecular weight is 129 g/mol. The smallest absolute Gasteiger partial charge is 0.0474 e. The Morgan fingerprint density at radius 1 is 1.56 bits per heavy atom. The van der Waals surface area contributed by atoms with Crippen LogP contribution < -0.4 is 5.32 Å². The predicted octanol–water partition coefficient (Wildman–Crippen LogP) is 0.223. The Bertz CT molecular complexity index is 94.9. The molecule has 0 bridgehead atoms. The molecule has 2 nitrogen and oxygen atoms in total. The van der Waals surface area contributed by atoms with E-state index in [0.717, 1.165) is 6.54 Å². The molecule has 1 heterocycles. The standard InChI is InChI=1S/C7H15NO/c1-5-6(2)8-3-7(5)4-9/h5-9H,3-4H2,1-2H3. The van der Waals surface area contributed by atoms with E-state index in [1.165, 1.54) is 0 Å². The summed E-state index contributed by atoms with van der Waals surface area (Å²) in [5.74, 6) is 1.12. The van der Waals surface area contributed by atoms with Crippen LogP contribution in [0.1, 0.15) is 13.8 Å². The molecule has 3 atom stereocenters. The molecule has 0 amide bonds. The SMILES string of the molecule is CC1NCC(CO)C1C. The fourth-order valence-corrected chi connectivity index (χ4v) is 1.35. The van der Waals surface area contributed by atoms with Gasteiger partial charge < -0.3 is 10.4 Å². The minimum atomic E-state index is 0.332. The Kier molecular flexibility index (Phi) is 2.09. The second-order valence-corrected chi connectivity index (χ2v) is 3.00. The van der Waals surface area contributed by atoms with Gasteiger partial charge in [-0.25, -0.2) is 0 Å². The van der Waals surface area contributed by atoms with Crippen LogP contribution in [0, 0.1) is 11.8 Å². The van der Waals surface area contributed by atoms with Crippen LogP contribution in [0.2, 0.25) is 0 Å². The molecule has 1 saturated heterocycles. The number of aliphatic hydroxyl groups is 1. The summed E-state index contributed by atoms with van der Waals surface area (Å²) in [5, 5.41) is 12.1. The van der Waals surface area contributed by atoms with Crippen LogP contribution in [0.25, 0.3) is 0 Å². The first-order valence-corrected chi connectivity index (χ1v) is 3.60. The maximum Gasteiger partial charge on any atom is 0.0474 e. The zero-order valence-corrected chi connectivity index (χ0v) is 6.09. The van der Waals surface area contributed by atoms with Gasteiger partial charge in [0, 0.05) is 19.2 Å². The molecule has 2 heteroatoms. The summed E-state index contributed by atoms with van der Waals surface area (Å²) < 4.78 is 0. The summed E-state index contributed by atoms with van der Waals surface area (Å²) in [4.78, 5) is 0. The van der Waals surface area contributed by atoms with Crippen LogP contribution in [0.3, 0.4) is 0 Å². The largest absolute Gasteiger partial charge is 0.396 e. The van der Waals surface area contributed by atoms with Gasteiger partial charge in [0.2, 0.25) is 0 Å². The quantitative estimate of drug-likeness (QED) is 0.531. The number of nitrogens with one attached hydrogen (secondary N) is 1. The highest BCUT2D eigenvalue weighted by Crippen LogP contribution is 2.20. The minimum Gasteiger partial charge on any atom is -0.396 e. The first kappa shape index (κ1) is 7.03. The molecule has 9 heavy (non-hydrogen) atoms. The van der Waals surface area contributed by atoms with E-state index in [4.69, 9.17) is 5.11 Å². The number of rotatable bonds is 1. The monoisotopic (exact) mass is 129 g/mol. The molecule has 0 aromatic carbocycles. The molecule has 1 aliphatic heterocycles. The lowest BCUT2D eigenvalue weighted by atomic mass is 9.94. The van der Waals surface area contributed by atoms with Crippen LogP contribution in [-0.4, -0.2) is 24.3 Å². The molecule has 1 fully saturated rings. The molecule has 3 unspecified atom stereocenters. The second-order valence-electron chi connectivity index (χ2n) is 3.00. The lowest BCUT2D eigenvalue weighted by Crippen LogP contribution is -2.21. The second kappa shape index (κ2) is 2.67. The first-order chi connectivity index (χ1) is 4.25. The summed E-state index contributed by atoms with van der Waals surface area (Å²) in [6.45, 7) is 5.67. The summed E-state index contributed by atoms with van der Waals surface area (Å²) >= 11 is 0. The van der Waals surface area contributed by atoms with Crippen LogP contribution in [0.4, 0.5) is 0 Å². The van der Waals surface area contributed by atoms with Crippen molar-refractivity contribution in [1.82, 2.24) is 5.32 Å². The molecular formula is C7H15NO. The maximum absolute atomic E-state index is 8.81. The minimum absolute atomic E-state index is 0.332. The third kappa shape index (κ3) is 1.25. The van der Waals surface area contributed by atoms with E-state index in [9.17, 15) is 0 Å². The van der Waals surface area contributed by atoms with Gasteiger partial charge in [-0.2, -0.15) is 0 Å². The molecule has 0 radical (unpaired) electrons. The summed E-state index contributed by atoms with van der Waals surface area (Å²) in [7, 11) is 0. The van der Waals surface area contributed by atoms with E-state index >= 15 is 0 Å². The molecule has 0 aliphatic carbocycles. The molecule has 0 aromatic rings. The molecule has 0 saturated carbocycles. The van der Waals surface area contributed by atoms with E-state index < -0.39 is 0 Å². The Morgan fingerprint density at radius 2 is 2.22 bits per heavy atom. The Morgan fingerprint density at radius 3 is 2.44 bits per heavy atom. The molecule has 2 N–H and O–H groups in total. The third-order valence-electron chi connectivity index (χ3n) is 2.47. The van der Waals surface area contributed by atoms with E-state index in [-0.39, 0.29) is 0 Å². The van der Waals surface area contributed by atoms with Gasteiger partial charge in [0.15, 0.2) is 0 Å². The highest BCUT2D eigenvalue weighted by molar-refractivity contribution is 4.84. The van der Waals surface area contributed by atoms with Gasteiger partial charge >= 0.3 is 0 Å². The van der Waals surface area contributed by atoms with Crippen LogP contribution in [-0.2, 0) is 0 Å². The molecule has 1 aliphatic rings. The predicted molar refractivity (Wildman–Crippen MR) is 37.2 cm³/mol. The summed E-state index contributed by atoms with van der Waals surface area (Å²) in [5.41, 5.74) is 0. The average Bonchev–Trinajstić information content (AvgIpc) is 2.15. The fraction of sp³-hybridized carbons (Fsp3) is 1.00. The molecule has 0 aromatic heterocycles. The molecule has 1 rings (SSSR count). The summed E-state index contributed by atoms with van der Waals surface area (Å²) in [6, 6.07) is 0.585. The number of hydrogen-bond acceptors (Lipinski definition) is 2. The topological polar surface area (TPSA) is 32.3 Å². The van der Waals surface area contributed by atoms with Crippen LogP contribution >= 0.6 is 0 Å². The zero-order chi connectivity index (χ0) is 6.85. The van der Waals surface area contributed by atoms with Gasteiger partial charge in [-0.15, -0.1) is 0 Å². The van der Waals surface area contributed by atoms with Crippen molar-refractivity contribution in [3.05, 3.63) is 0 Å². The highest BCUT2D eigenvalue weighted by atomic mass is 16.3. The van der Waals surface area contributed by atoms with Crippen molar-refractivity contribution in [3.8, 4) is 0 Å². The van der Waals surface area contributed by atoms with Gasteiger partial charge in [0.1, 0.15) is 0 Å². The van der Waals surface area contributed by atoms with Gasteiger partial charge in [0.05, 0.1) is 0 Å². The highest BCUT2D eigenvalue weighted by Gasteiger charge is 2.27. The van der Waals surface area contributed by atoms with E-state index in [2.05, 4.69) is 19.2 Å². The molecule has 54 valence electrons. The lowest BCUT2D eigenvalue weighted by Gasteiger charge is -2.13. The van der Waals surface area contributed by atoms with Crippen LogP contribution in [0.5, 0.6) is 0 Å². The lowest BCUT2D eigenvalue weighted by molar-refractivity contribution is 0.206. The van der Waals surface area contributed by atoms with Crippen molar-refractivity contribution in [2.24, 2.45) is 11.8 Å². The molecular weight excluding hydrogens is 114 g/mol. The van der Waals surface area contributed by atoms with Crippen molar-refractivity contribution >= 4 is 0 Å². The van der Waals surface area contributed by atoms with Crippen LogP contribution in [0.15, 0.2) is 0 Å². The van der Waals surface area contributed by atoms with Crippen molar-refractivity contribution in [1.29, 1.82) is 0 Å². The van der Waals surface area contributed by atoms with Gasteiger partial charge in [0.25, 0.3) is 0 Å². The third-order valence-corrected chi connectivity index (χ3v) is 2.47. The van der Waals surface area contributed by atoms with Crippen molar-refractivity contribution in [2.75, 3.05) is 13.2 Å². The first-order valence-electron chi connectivity index (χ1n) is 3.60.